The minimum atomic E-state index is -0.352. The van der Waals surface area contributed by atoms with Gasteiger partial charge in [-0.25, -0.2) is 4.79 Å². The molecule has 2 rings (SSSR count). The third-order valence-corrected chi connectivity index (χ3v) is 4.70. The van der Waals surface area contributed by atoms with Crippen LogP contribution in [0.1, 0.15) is 58.1 Å². The number of carbonyl (C=O) groups excluding carboxylic acids is 2. The van der Waals surface area contributed by atoms with Crippen LogP contribution in [-0.2, 0) is 14.3 Å². The van der Waals surface area contributed by atoms with Crippen molar-refractivity contribution in [1.29, 1.82) is 0 Å². The van der Waals surface area contributed by atoms with E-state index >= 15 is 0 Å². The molecule has 1 aromatic rings. The lowest BCUT2D eigenvalue weighted by molar-refractivity contribution is -0.144. The molecule has 1 aliphatic rings. The summed E-state index contributed by atoms with van der Waals surface area (Å²) < 4.78 is 5.08. The second-order valence-electron chi connectivity index (χ2n) is 6.46. The van der Waals surface area contributed by atoms with Crippen molar-refractivity contribution in [2.24, 2.45) is 0 Å². The van der Waals surface area contributed by atoms with Crippen molar-refractivity contribution in [1.82, 2.24) is 9.88 Å². The van der Waals surface area contributed by atoms with E-state index in [1.807, 2.05) is 24.0 Å². The van der Waals surface area contributed by atoms with Crippen LogP contribution in [0, 0.1) is 0 Å². The van der Waals surface area contributed by atoms with Gasteiger partial charge in [0.15, 0.2) is 0 Å². The Balaban J connectivity index is 1.97. The molecule has 0 aromatic carbocycles. The van der Waals surface area contributed by atoms with Crippen molar-refractivity contribution in [2.75, 3.05) is 25.0 Å². The van der Waals surface area contributed by atoms with Gasteiger partial charge >= 0.3 is 5.97 Å². The molecule has 6 heteroatoms. The summed E-state index contributed by atoms with van der Waals surface area (Å²) >= 11 is 0. The first-order valence-electron chi connectivity index (χ1n) is 9.19. The Morgan fingerprint density at radius 2 is 2.12 bits per heavy atom. The highest BCUT2D eigenvalue weighted by molar-refractivity contribution is 5.79. The largest absolute Gasteiger partial charge is 0.464 e. The number of amides is 1. The van der Waals surface area contributed by atoms with E-state index in [4.69, 9.17) is 4.74 Å². The van der Waals surface area contributed by atoms with E-state index < -0.39 is 0 Å². The van der Waals surface area contributed by atoms with E-state index in [0.717, 1.165) is 43.7 Å². The molecule has 0 bridgehead atoms. The molecule has 2 heterocycles. The van der Waals surface area contributed by atoms with Crippen LogP contribution in [0.4, 0.5) is 5.69 Å². The van der Waals surface area contributed by atoms with Crippen molar-refractivity contribution in [3.05, 3.63) is 24.0 Å². The van der Waals surface area contributed by atoms with Crippen LogP contribution in [0.15, 0.2) is 18.3 Å². The second kappa shape index (κ2) is 9.39. The SMILES string of the molecule is CCOC(=O)C(CC)Nc1ccc(C2CCCN(C(C)=O)CC2)nc1. The Morgan fingerprint density at radius 1 is 1.32 bits per heavy atom. The fraction of sp³-hybridized carbons (Fsp3) is 0.632. The number of likely N-dealkylation sites (tertiary alicyclic amines) is 1. The summed E-state index contributed by atoms with van der Waals surface area (Å²) in [5.41, 5.74) is 1.88. The van der Waals surface area contributed by atoms with Gasteiger partial charge in [0.1, 0.15) is 6.04 Å². The Hall–Kier alpha value is -2.11. The predicted octanol–water partition coefficient (Wildman–Crippen LogP) is 2.95. The van der Waals surface area contributed by atoms with E-state index in [0.29, 0.717) is 18.9 Å². The Labute approximate surface area is 150 Å². The van der Waals surface area contributed by atoms with Gasteiger partial charge in [0, 0.05) is 31.6 Å². The summed E-state index contributed by atoms with van der Waals surface area (Å²) in [6.45, 7) is 7.40. The van der Waals surface area contributed by atoms with Crippen molar-refractivity contribution >= 4 is 17.6 Å². The molecule has 1 saturated heterocycles. The molecule has 1 N–H and O–H groups in total. The van der Waals surface area contributed by atoms with E-state index in [-0.39, 0.29) is 17.9 Å². The molecule has 6 nitrogen and oxygen atoms in total. The molecule has 0 radical (unpaired) electrons. The number of anilines is 1. The van der Waals surface area contributed by atoms with Gasteiger partial charge in [-0.05, 0) is 44.7 Å². The number of rotatable bonds is 6. The molecule has 0 aliphatic carbocycles. The normalized spacial score (nSPS) is 19.0. The number of esters is 1. The second-order valence-corrected chi connectivity index (χ2v) is 6.46. The summed E-state index contributed by atoms with van der Waals surface area (Å²) in [6.07, 6.45) is 5.44. The maximum absolute atomic E-state index is 11.9. The molecular formula is C19H29N3O3. The number of nitrogens with zero attached hydrogens (tertiary/aromatic N) is 2. The van der Waals surface area contributed by atoms with Crippen LogP contribution >= 0.6 is 0 Å². The van der Waals surface area contributed by atoms with Gasteiger partial charge in [-0.1, -0.05) is 6.92 Å². The maximum atomic E-state index is 11.9. The summed E-state index contributed by atoms with van der Waals surface area (Å²) in [4.78, 5) is 29.9. The van der Waals surface area contributed by atoms with E-state index in [9.17, 15) is 9.59 Å². The van der Waals surface area contributed by atoms with Gasteiger partial charge < -0.3 is 15.0 Å². The van der Waals surface area contributed by atoms with Crippen molar-refractivity contribution in [3.8, 4) is 0 Å². The monoisotopic (exact) mass is 347 g/mol. The van der Waals surface area contributed by atoms with Crippen molar-refractivity contribution in [3.63, 3.8) is 0 Å². The molecular weight excluding hydrogens is 318 g/mol. The quantitative estimate of drug-likeness (QED) is 0.801. The number of carbonyl (C=O) groups is 2. The molecule has 1 aromatic heterocycles. The number of aromatic nitrogens is 1. The molecule has 1 aliphatic heterocycles. The number of hydrogen-bond donors (Lipinski definition) is 1. The molecule has 0 saturated carbocycles. The lowest BCUT2D eigenvalue weighted by Crippen LogP contribution is -2.30. The minimum absolute atomic E-state index is 0.151. The fourth-order valence-corrected chi connectivity index (χ4v) is 3.21. The third-order valence-electron chi connectivity index (χ3n) is 4.70. The summed E-state index contributed by atoms with van der Waals surface area (Å²) in [5, 5.41) is 3.19. The highest BCUT2D eigenvalue weighted by atomic mass is 16.5. The average molecular weight is 347 g/mol. The van der Waals surface area contributed by atoms with Crippen molar-refractivity contribution in [2.45, 2.75) is 58.4 Å². The summed E-state index contributed by atoms with van der Waals surface area (Å²) in [7, 11) is 0. The van der Waals surface area contributed by atoms with Gasteiger partial charge in [0.25, 0.3) is 0 Å². The standard InChI is InChI=1S/C19H29N3O3/c1-4-17(19(24)25-5-2)21-16-8-9-18(20-13-16)15-7-6-11-22(12-10-15)14(3)23/h8-9,13,15,17,21H,4-7,10-12H2,1-3H3. The van der Waals surface area contributed by atoms with E-state index in [1.54, 1.807) is 20.0 Å². The third kappa shape index (κ3) is 5.44. The topological polar surface area (TPSA) is 71.5 Å². The number of pyridine rings is 1. The molecule has 1 fully saturated rings. The predicted molar refractivity (Wildman–Crippen MR) is 97.4 cm³/mol. The number of ether oxygens (including phenoxy) is 1. The minimum Gasteiger partial charge on any atom is -0.464 e. The molecule has 138 valence electrons. The fourth-order valence-electron chi connectivity index (χ4n) is 3.21. The summed E-state index contributed by atoms with van der Waals surface area (Å²) in [6, 6.07) is 3.64. The van der Waals surface area contributed by atoms with Gasteiger partial charge in [0.05, 0.1) is 18.5 Å². The molecule has 2 atom stereocenters. The Bertz CT molecular complexity index is 574. The van der Waals surface area contributed by atoms with Gasteiger partial charge in [-0.15, -0.1) is 0 Å². The highest BCUT2D eigenvalue weighted by Gasteiger charge is 2.21. The average Bonchev–Trinajstić information content (AvgIpc) is 2.86. The van der Waals surface area contributed by atoms with Crippen LogP contribution in [0.25, 0.3) is 0 Å². The van der Waals surface area contributed by atoms with E-state index in [2.05, 4.69) is 10.3 Å². The van der Waals surface area contributed by atoms with Gasteiger partial charge in [-0.3, -0.25) is 9.78 Å². The highest BCUT2D eigenvalue weighted by Crippen LogP contribution is 2.27. The molecule has 2 unspecified atom stereocenters. The maximum Gasteiger partial charge on any atom is 0.328 e. The van der Waals surface area contributed by atoms with Crippen LogP contribution in [0.5, 0.6) is 0 Å². The zero-order chi connectivity index (χ0) is 18.2. The van der Waals surface area contributed by atoms with Crippen LogP contribution in [0.3, 0.4) is 0 Å². The smallest absolute Gasteiger partial charge is 0.328 e. The Morgan fingerprint density at radius 3 is 2.72 bits per heavy atom. The van der Waals surface area contributed by atoms with Gasteiger partial charge in [-0.2, -0.15) is 0 Å². The van der Waals surface area contributed by atoms with E-state index in [1.165, 1.54) is 0 Å². The van der Waals surface area contributed by atoms with Crippen LogP contribution in [0.2, 0.25) is 0 Å². The van der Waals surface area contributed by atoms with Gasteiger partial charge in [0.2, 0.25) is 5.91 Å². The first-order chi connectivity index (χ1) is 12.0. The zero-order valence-electron chi connectivity index (χ0n) is 15.5. The first-order valence-corrected chi connectivity index (χ1v) is 9.19. The Kier molecular flexibility index (Phi) is 7.22. The zero-order valence-corrected chi connectivity index (χ0v) is 15.5. The summed E-state index contributed by atoms with van der Waals surface area (Å²) in [5.74, 6) is 0.297. The van der Waals surface area contributed by atoms with Crippen LogP contribution in [-0.4, -0.2) is 47.5 Å². The van der Waals surface area contributed by atoms with Crippen LogP contribution < -0.4 is 5.32 Å². The van der Waals surface area contributed by atoms with Crippen molar-refractivity contribution < 1.29 is 14.3 Å². The molecule has 0 spiro atoms. The molecule has 1 amide bonds. The first kappa shape index (κ1) is 19.2. The lowest BCUT2D eigenvalue weighted by Gasteiger charge is -2.19. The molecule has 25 heavy (non-hydrogen) atoms. The number of hydrogen-bond acceptors (Lipinski definition) is 5. The lowest BCUT2D eigenvalue weighted by atomic mass is 9.96. The number of nitrogens with one attached hydrogen (secondary N) is 1.